The van der Waals surface area contributed by atoms with Gasteiger partial charge in [-0.3, -0.25) is 9.59 Å². The van der Waals surface area contributed by atoms with Crippen LogP contribution in [0.3, 0.4) is 0 Å². The van der Waals surface area contributed by atoms with E-state index in [1.165, 1.54) is 11.2 Å². The normalized spacial score (nSPS) is 16.5. The molecule has 1 atom stereocenters. The smallest absolute Gasteiger partial charge is 0.296 e. The highest BCUT2D eigenvalue weighted by Crippen LogP contribution is 2.43. The largest absolute Gasteiger partial charge is 0.507 e. The first-order valence-corrected chi connectivity index (χ1v) is 12.5. The van der Waals surface area contributed by atoms with Crippen LogP contribution < -0.4 is 14.2 Å². The Kier molecular flexibility index (Phi) is 8.53. The Labute approximate surface area is 221 Å². The fraction of sp³-hybridized carbons (Fsp3) is 0.267. The summed E-state index contributed by atoms with van der Waals surface area (Å²) in [6.07, 6.45) is 3.99. The molecule has 8 nitrogen and oxygen atoms in total. The van der Waals surface area contributed by atoms with Crippen LogP contribution in [0.15, 0.2) is 83.5 Å². The molecule has 1 aromatic heterocycles. The molecule has 1 fully saturated rings. The molecule has 3 aromatic rings. The highest BCUT2D eigenvalue weighted by molar-refractivity contribution is 6.46. The highest BCUT2D eigenvalue weighted by atomic mass is 16.5. The first kappa shape index (κ1) is 26.6. The maximum absolute atomic E-state index is 13.3. The molecular weight excluding hydrogens is 486 g/mol. The molecule has 8 heteroatoms. The van der Waals surface area contributed by atoms with Gasteiger partial charge in [0.1, 0.15) is 23.9 Å². The first-order chi connectivity index (χ1) is 18.5. The molecule has 0 aliphatic carbocycles. The molecule has 0 spiro atoms. The number of hydrogen-bond donors (Lipinski definition) is 1. The van der Waals surface area contributed by atoms with E-state index in [2.05, 4.69) is 6.58 Å². The Morgan fingerprint density at radius 1 is 1.05 bits per heavy atom. The Morgan fingerprint density at radius 3 is 2.50 bits per heavy atom. The van der Waals surface area contributed by atoms with Crippen molar-refractivity contribution in [2.75, 3.05) is 19.8 Å². The van der Waals surface area contributed by atoms with Crippen molar-refractivity contribution in [1.29, 1.82) is 0 Å². The number of furan rings is 1. The molecule has 1 N–H and O–H groups in total. The zero-order valence-corrected chi connectivity index (χ0v) is 21.5. The fourth-order valence-corrected chi connectivity index (χ4v) is 4.28. The summed E-state index contributed by atoms with van der Waals surface area (Å²) in [4.78, 5) is 28.0. The second-order valence-corrected chi connectivity index (χ2v) is 8.62. The molecule has 38 heavy (non-hydrogen) atoms. The molecule has 1 aliphatic rings. The minimum absolute atomic E-state index is 0.0222. The van der Waals surface area contributed by atoms with Gasteiger partial charge in [-0.25, -0.2) is 0 Å². The van der Waals surface area contributed by atoms with Crippen LogP contribution in [0.2, 0.25) is 0 Å². The summed E-state index contributed by atoms with van der Waals surface area (Å²) in [7, 11) is 0. The van der Waals surface area contributed by atoms with Crippen LogP contribution in [0, 0.1) is 0 Å². The molecule has 0 radical (unpaired) electrons. The summed E-state index contributed by atoms with van der Waals surface area (Å²) >= 11 is 0. The second kappa shape index (κ2) is 12.2. The van der Waals surface area contributed by atoms with Gasteiger partial charge >= 0.3 is 0 Å². The van der Waals surface area contributed by atoms with Crippen LogP contribution in [-0.2, 0) is 16.1 Å². The summed E-state index contributed by atoms with van der Waals surface area (Å²) in [5, 5.41) is 11.3. The molecule has 4 rings (SSSR count). The number of benzene rings is 2. The van der Waals surface area contributed by atoms with Crippen molar-refractivity contribution >= 4 is 17.4 Å². The average molecular weight is 518 g/mol. The molecule has 1 saturated heterocycles. The molecule has 2 heterocycles. The highest BCUT2D eigenvalue weighted by Gasteiger charge is 2.46. The number of ether oxygens (including phenoxy) is 3. The summed E-state index contributed by atoms with van der Waals surface area (Å²) < 4.78 is 22.6. The van der Waals surface area contributed by atoms with Gasteiger partial charge in [-0.2, -0.15) is 0 Å². The number of rotatable bonds is 12. The Balaban J connectivity index is 1.81. The van der Waals surface area contributed by atoms with Gasteiger partial charge in [-0.1, -0.05) is 25.6 Å². The zero-order chi connectivity index (χ0) is 27.1. The molecule has 0 saturated carbocycles. The Hall–Kier alpha value is -4.46. The Morgan fingerprint density at radius 2 is 1.84 bits per heavy atom. The summed E-state index contributed by atoms with van der Waals surface area (Å²) in [5.74, 6) is 0.312. The number of carbonyl (C=O) groups excluding carboxylic acids is 2. The minimum Gasteiger partial charge on any atom is -0.507 e. The summed E-state index contributed by atoms with van der Waals surface area (Å²) in [6, 6.07) is 14.5. The van der Waals surface area contributed by atoms with Crippen LogP contribution in [0.4, 0.5) is 0 Å². The van der Waals surface area contributed by atoms with Crippen LogP contribution in [0.25, 0.3) is 5.76 Å². The number of hydrogen-bond acceptors (Lipinski definition) is 7. The third kappa shape index (κ3) is 5.59. The average Bonchev–Trinajstić information content (AvgIpc) is 3.53. The second-order valence-electron chi connectivity index (χ2n) is 8.62. The predicted octanol–water partition coefficient (Wildman–Crippen LogP) is 5.65. The molecule has 1 aliphatic heterocycles. The number of aliphatic hydroxyl groups excluding tert-OH is 1. The molecule has 2 aromatic carbocycles. The van der Waals surface area contributed by atoms with Crippen molar-refractivity contribution in [3.8, 4) is 17.2 Å². The lowest BCUT2D eigenvalue weighted by Crippen LogP contribution is -2.29. The van der Waals surface area contributed by atoms with Gasteiger partial charge in [-0.05, 0) is 67.4 Å². The van der Waals surface area contributed by atoms with E-state index in [9.17, 15) is 14.7 Å². The van der Waals surface area contributed by atoms with Crippen LogP contribution >= 0.6 is 0 Å². The van der Waals surface area contributed by atoms with E-state index in [0.29, 0.717) is 47.3 Å². The monoisotopic (exact) mass is 517 g/mol. The lowest BCUT2D eigenvalue weighted by molar-refractivity contribution is -0.140. The van der Waals surface area contributed by atoms with E-state index in [4.69, 9.17) is 18.6 Å². The van der Waals surface area contributed by atoms with Crippen LogP contribution in [0.5, 0.6) is 17.2 Å². The van der Waals surface area contributed by atoms with Crippen molar-refractivity contribution < 1.29 is 33.3 Å². The standard InChI is InChI=1S/C30H31NO7/c1-4-15-36-22-12-9-20(10-13-22)28(32)26-27(31(30(34)29(26)33)19-23-8-7-17-37-23)21-11-14-24(38-16-5-2)25(18-21)35-6-3/h5,7-14,17-18,27,32H,2,4,6,15-16,19H2,1,3H3/b28-26+. The molecule has 198 valence electrons. The molecular formula is C30H31NO7. The van der Waals surface area contributed by atoms with E-state index < -0.39 is 17.7 Å². The molecule has 0 bridgehead atoms. The lowest BCUT2D eigenvalue weighted by Gasteiger charge is -2.25. The fourth-order valence-electron chi connectivity index (χ4n) is 4.28. The van der Waals surface area contributed by atoms with Gasteiger partial charge in [0, 0.05) is 5.56 Å². The number of nitrogens with zero attached hydrogens (tertiary/aromatic N) is 1. The summed E-state index contributed by atoms with van der Waals surface area (Å²) in [5.41, 5.74) is 0.950. The topological polar surface area (TPSA) is 98.4 Å². The van der Waals surface area contributed by atoms with E-state index >= 15 is 0 Å². The number of aliphatic hydroxyl groups is 1. The Bertz CT molecular complexity index is 1310. The number of carbonyl (C=O) groups is 2. The van der Waals surface area contributed by atoms with Gasteiger partial charge in [0.2, 0.25) is 0 Å². The van der Waals surface area contributed by atoms with Crippen molar-refractivity contribution in [2.24, 2.45) is 0 Å². The molecule has 1 unspecified atom stereocenters. The first-order valence-electron chi connectivity index (χ1n) is 12.5. The number of likely N-dealkylation sites (tertiary alicyclic amines) is 1. The van der Waals surface area contributed by atoms with E-state index in [0.717, 1.165) is 6.42 Å². The molecule has 1 amide bonds. The van der Waals surface area contributed by atoms with Crippen molar-refractivity contribution in [2.45, 2.75) is 32.9 Å². The van der Waals surface area contributed by atoms with E-state index in [-0.39, 0.29) is 24.5 Å². The van der Waals surface area contributed by atoms with Crippen LogP contribution in [0.1, 0.15) is 43.2 Å². The zero-order valence-electron chi connectivity index (χ0n) is 21.5. The van der Waals surface area contributed by atoms with Crippen molar-refractivity contribution in [1.82, 2.24) is 4.90 Å². The number of Topliss-reactive ketones (excluding diaryl/α,β-unsaturated/α-hetero) is 1. The summed E-state index contributed by atoms with van der Waals surface area (Å²) in [6.45, 7) is 8.81. The quantitative estimate of drug-likeness (QED) is 0.143. The SMILES string of the molecule is C=CCOc1ccc(C2/C(=C(\O)c3ccc(OCCC)cc3)C(=O)C(=O)N2Cc2ccco2)cc1OCC. The number of ketones is 1. The van der Waals surface area contributed by atoms with Crippen molar-refractivity contribution in [3.05, 3.63) is 96.0 Å². The predicted molar refractivity (Wildman–Crippen MR) is 142 cm³/mol. The lowest BCUT2D eigenvalue weighted by atomic mass is 9.95. The third-order valence-electron chi connectivity index (χ3n) is 5.99. The van der Waals surface area contributed by atoms with E-state index in [1.54, 1.807) is 60.7 Å². The maximum atomic E-state index is 13.3. The maximum Gasteiger partial charge on any atom is 0.296 e. The van der Waals surface area contributed by atoms with Gasteiger partial charge in [0.25, 0.3) is 11.7 Å². The van der Waals surface area contributed by atoms with Gasteiger partial charge in [-0.15, -0.1) is 0 Å². The van der Waals surface area contributed by atoms with Gasteiger partial charge < -0.3 is 28.6 Å². The van der Waals surface area contributed by atoms with Gasteiger partial charge in [0.15, 0.2) is 11.5 Å². The minimum atomic E-state index is -0.885. The van der Waals surface area contributed by atoms with Gasteiger partial charge in [0.05, 0.1) is 37.6 Å². The third-order valence-corrected chi connectivity index (χ3v) is 5.99. The van der Waals surface area contributed by atoms with E-state index in [1.807, 2.05) is 13.8 Å². The van der Waals surface area contributed by atoms with Crippen molar-refractivity contribution in [3.63, 3.8) is 0 Å². The van der Waals surface area contributed by atoms with Crippen LogP contribution in [-0.4, -0.2) is 41.5 Å². The number of amides is 1.